The number of nitrogens with zero attached hydrogens (tertiary/aromatic N) is 1. The Bertz CT molecular complexity index is 841. The van der Waals surface area contributed by atoms with Gasteiger partial charge in [0.1, 0.15) is 11.4 Å². The summed E-state index contributed by atoms with van der Waals surface area (Å²) >= 11 is 0. The standard InChI is InChI=1S/C19H17N3O2/c23-18-16(21-19(22-18)20-15-6-2-1-3-7-15)12-13-8-9-17-14(11-13)5-4-10-24-17/h1-3,6-9,11-12H,4-5,10H2,(H2,20,21,22,23)/b16-12-. The lowest BCUT2D eigenvalue weighted by molar-refractivity contribution is -0.115. The number of guanidine groups is 1. The van der Waals surface area contributed by atoms with Gasteiger partial charge in [-0.25, -0.2) is 4.99 Å². The first-order valence-electron chi connectivity index (χ1n) is 7.97. The van der Waals surface area contributed by atoms with Gasteiger partial charge in [-0.2, -0.15) is 0 Å². The molecule has 2 heterocycles. The molecule has 0 unspecified atom stereocenters. The minimum absolute atomic E-state index is 0.206. The maximum Gasteiger partial charge on any atom is 0.276 e. The first-order valence-corrected chi connectivity index (χ1v) is 7.97. The number of anilines is 1. The van der Waals surface area contributed by atoms with Gasteiger partial charge < -0.3 is 10.1 Å². The van der Waals surface area contributed by atoms with Crippen LogP contribution in [0.25, 0.3) is 6.08 Å². The fourth-order valence-corrected chi connectivity index (χ4v) is 2.81. The summed E-state index contributed by atoms with van der Waals surface area (Å²) in [7, 11) is 0. The molecule has 0 fully saturated rings. The van der Waals surface area contributed by atoms with Gasteiger partial charge in [0, 0.05) is 5.69 Å². The second-order valence-corrected chi connectivity index (χ2v) is 5.75. The number of aryl methyl sites for hydroxylation is 1. The van der Waals surface area contributed by atoms with Crippen molar-refractivity contribution in [3.63, 3.8) is 0 Å². The minimum Gasteiger partial charge on any atom is -0.493 e. The van der Waals surface area contributed by atoms with Crippen LogP contribution in [-0.4, -0.2) is 18.5 Å². The second-order valence-electron chi connectivity index (χ2n) is 5.75. The number of rotatable bonds is 2. The fourth-order valence-electron chi connectivity index (χ4n) is 2.81. The van der Waals surface area contributed by atoms with Gasteiger partial charge in [0.2, 0.25) is 5.96 Å². The van der Waals surface area contributed by atoms with E-state index in [0.29, 0.717) is 11.7 Å². The van der Waals surface area contributed by atoms with E-state index in [2.05, 4.69) is 21.7 Å². The van der Waals surface area contributed by atoms with E-state index in [1.54, 1.807) is 6.08 Å². The van der Waals surface area contributed by atoms with Crippen LogP contribution >= 0.6 is 0 Å². The molecule has 2 aromatic rings. The molecular weight excluding hydrogens is 302 g/mol. The number of aliphatic imine (C=N–C) groups is 1. The van der Waals surface area contributed by atoms with Crippen molar-refractivity contribution in [3.8, 4) is 5.75 Å². The van der Waals surface area contributed by atoms with Crippen LogP contribution in [0.15, 0.2) is 59.2 Å². The van der Waals surface area contributed by atoms with Crippen molar-refractivity contribution in [2.24, 2.45) is 4.99 Å². The van der Waals surface area contributed by atoms with Crippen LogP contribution in [0.5, 0.6) is 5.75 Å². The number of ether oxygens (including phenoxy) is 1. The van der Waals surface area contributed by atoms with Crippen molar-refractivity contribution in [3.05, 3.63) is 65.4 Å². The summed E-state index contributed by atoms with van der Waals surface area (Å²) in [6.07, 6.45) is 3.82. The fraction of sp³-hybridized carbons (Fsp3) is 0.158. The molecule has 24 heavy (non-hydrogen) atoms. The zero-order chi connectivity index (χ0) is 16.4. The molecule has 0 aromatic heterocycles. The van der Waals surface area contributed by atoms with Crippen LogP contribution in [-0.2, 0) is 11.2 Å². The highest BCUT2D eigenvalue weighted by Gasteiger charge is 2.20. The summed E-state index contributed by atoms with van der Waals surface area (Å²) in [4.78, 5) is 16.5. The first-order chi connectivity index (χ1) is 11.8. The van der Waals surface area contributed by atoms with E-state index >= 15 is 0 Å². The zero-order valence-electron chi connectivity index (χ0n) is 13.1. The summed E-state index contributed by atoms with van der Waals surface area (Å²) in [6.45, 7) is 0.772. The number of hydrogen-bond donors (Lipinski definition) is 2. The largest absolute Gasteiger partial charge is 0.493 e. The Hall–Kier alpha value is -3.08. The Morgan fingerprint density at radius 2 is 2.04 bits per heavy atom. The van der Waals surface area contributed by atoms with Gasteiger partial charge in [-0.15, -0.1) is 0 Å². The summed E-state index contributed by atoms with van der Waals surface area (Å²) in [5, 5.41) is 5.84. The lowest BCUT2D eigenvalue weighted by Gasteiger charge is -2.17. The molecule has 0 radical (unpaired) electrons. The second kappa shape index (κ2) is 6.20. The number of amides is 1. The number of fused-ring (bicyclic) bond motifs is 1. The highest BCUT2D eigenvalue weighted by molar-refractivity contribution is 6.17. The summed E-state index contributed by atoms with van der Waals surface area (Å²) in [5.74, 6) is 1.18. The van der Waals surface area contributed by atoms with Crippen molar-refractivity contribution < 1.29 is 9.53 Å². The van der Waals surface area contributed by atoms with E-state index in [4.69, 9.17) is 4.74 Å². The van der Waals surface area contributed by atoms with Crippen molar-refractivity contribution in [2.75, 3.05) is 11.9 Å². The third-order valence-electron chi connectivity index (χ3n) is 3.97. The van der Waals surface area contributed by atoms with E-state index in [1.165, 1.54) is 5.56 Å². The van der Waals surface area contributed by atoms with Crippen LogP contribution in [0.4, 0.5) is 5.69 Å². The quantitative estimate of drug-likeness (QED) is 0.837. The normalized spacial score (nSPS) is 17.8. The number of para-hydroxylation sites is 1. The average Bonchev–Trinajstić information content (AvgIpc) is 2.95. The van der Waals surface area contributed by atoms with Crippen molar-refractivity contribution in [1.29, 1.82) is 0 Å². The Morgan fingerprint density at radius 3 is 2.92 bits per heavy atom. The molecule has 1 amide bonds. The molecule has 0 saturated heterocycles. The van der Waals surface area contributed by atoms with E-state index < -0.39 is 0 Å². The molecule has 2 aromatic carbocycles. The van der Waals surface area contributed by atoms with E-state index in [-0.39, 0.29) is 5.91 Å². The van der Waals surface area contributed by atoms with Crippen molar-refractivity contribution in [1.82, 2.24) is 5.32 Å². The maximum atomic E-state index is 12.1. The highest BCUT2D eigenvalue weighted by Crippen LogP contribution is 2.26. The SMILES string of the molecule is O=C1NC(Nc2ccccc2)=N/C1=C\c1ccc2c(c1)CCCO2. The third kappa shape index (κ3) is 3.01. The molecule has 0 aliphatic carbocycles. The van der Waals surface area contributed by atoms with E-state index in [1.807, 2.05) is 42.5 Å². The molecular formula is C19H17N3O2. The summed E-state index contributed by atoms with van der Waals surface area (Å²) in [5.41, 5.74) is 3.41. The van der Waals surface area contributed by atoms with Gasteiger partial charge in [0.25, 0.3) is 5.91 Å². The lowest BCUT2D eigenvalue weighted by atomic mass is 10.0. The monoisotopic (exact) mass is 319 g/mol. The third-order valence-corrected chi connectivity index (χ3v) is 3.97. The van der Waals surface area contributed by atoms with Gasteiger partial charge in [0.15, 0.2) is 0 Å². The topological polar surface area (TPSA) is 62.7 Å². The molecule has 0 saturated carbocycles. The molecule has 2 aliphatic rings. The molecule has 2 aliphatic heterocycles. The number of benzene rings is 2. The van der Waals surface area contributed by atoms with E-state index in [9.17, 15) is 4.79 Å². The summed E-state index contributed by atoms with van der Waals surface area (Å²) < 4.78 is 5.62. The molecule has 5 nitrogen and oxygen atoms in total. The molecule has 2 N–H and O–H groups in total. The Morgan fingerprint density at radius 1 is 1.17 bits per heavy atom. The molecule has 0 atom stereocenters. The van der Waals surface area contributed by atoms with Crippen LogP contribution in [0.3, 0.4) is 0 Å². The Labute approximate surface area is 140 Å². The molecule has 120 valence electrons. The highest BCUT2D eigenvalue weighted by atomic mass is 16.5. The zero-order valence-corrected chi connectivity index (χ0v) is 13.1. The number of nitrogens with one attached hydrogen (secondary N) is 2. The van der Waals surface area contributed by atoms with Crippen LogP contribution in [0.1, 0.15) is 17.5 Å². The van der Waals surface area contributed by atoms with E-state index in [0.717, 1.165) is 36.4 Å². The maximum absolute atomic E-state index is 12.1. The molecule has 4 rings (SSSR count). The Kier molecular flexibility index (Phi) is 3.75. The predicted molar refractivity (Wildman–Crippen MR) is 93.9 cm³/mol. The van der Waals surface area contributed by atoms with Gasteiger partial charge in [-0.3, -0.25) is 10.1 Å². The first kappa shape index (κ1) is 14.5. The number of carbonyl (C=O) groups excluding carboxylic acids is 1. The number of carbonyl (C=O) groups is 1. The van der Waals surface area contributed by atoms with Gasteiger partial charge >= 0.3 is 0 Å². The molecule has 0 spiro atoms. The summed E-state index contributed by atoms with van der Waals surface area (Å²) in [6, 6.07) is 15.6. The van der Waals surface area contributed by atoms with Crippen LogP contribution in [0.2, 0.25) is 0 Å². The van der Waals surface area contributed by atoms with Crippen molar-refractivity contribution in [2.45, 2.75) is 12.8 Å². The predicted octanol–water partition coefficient (Wildman–Crippen LogP) is 2.95. The number of hydrogen-bond acceptors (Lipinski definition) is 4. The smallest absolute Gasteiger partial charge is 0.276 e. The van der Waals surface area contributed by atoms with Crippen LogP contribution < -0.4 is 15.4 Å². The van der Waals surface area contributed by atoms with Gasteiger partial charge in [0.05, 0.1) is 6.61 Å². The lowest BCUT2D eigenvalue weighted by Crippen LogP contribution is -2.29. The Balaban J connectivity index is 1.57. The van der Waals surface area contributed by atoms with Gasteiger partial charge in [-0.05, 0) is 54.3 Å². The van der Waals surface area contributed by atoms with Crippen LogP contribution in [0, 0.1) is 0 Å². The van der Waals surface area contributed by atoms with Crippen molar-refractivity contribution >= 4 is 23.6 Å². The molecule has 0 bridgehead atoms. The minimum atomic E-state index is -0.206. The molecule has 5 heteroatoms. The average molecular weight is 319 g/mol. The van der Waals surface area contributed by atoms with Gasteiger partial charge in [-0.1, -0.05) is 24.3 Å².